The summed E-state index contributed by atoms with van der Waals surface area (Å²) < 4.78 is 7.12. The molecule has 30 heavy (non-hydrogen) atoms. The largest absolute Gasteiger partial charge is 0.455 e. The van der Waals surface area contributed by atoms with Crippen LogP contribution in [0.25, 0.3) is 5.69 Å². The lowest BCUT2D eigenvalue weighted by atomic mass is 9.80. The molecule has 6 heteroatoms. The SMILES string of the molecule is CCCCC1CCC(C(=O)OCC(=O)Nc2c(C)nn(-c3ccccc3)c2C)CC1. The number of nitrogens with one attached hydrogen (secondary N) is 1. The predicted molar refractivity (Wildman–Crippen MR) is 118 cm³/mol. The van der Waals surface area contributed by atoms with Gasteiger partial charge in [0, 0.05) is 0 Å². The minimum Gasteiger partial charge on any atom is -0.455 e. The zero-order chi connectivity index (χ0) is 21.5. The molecule has 1 saturated carbocycles. The quantitative estimate of drug-likeness (QED) is 0.623. The van der Waals surface area contributed by atoms with Crippen LogP contribution >= 0.6 is 0 Å². The van der Waals surface area contributed by atoms with Gasteiger partial charge in [-0.2, -0.15) is 5.10 Å². The first-order valence-corrected chi connectivity index (χ1v) is 11.1. The van der Waals surface area contributed by atoms with Crippen LogP contribution in [0, 0.1) is 25.7 Å². The molecule has 1 aromatic heterocycles. The van der Waals surface area contributed by atoms with E-state index >= 15 is 0 Å². The molecule has 1 aliphatic rings. The maximum Gasteiger partial charge on any atom is 0.309 e. The number of rotatable bonds is 8. The first-order chi connectivity index (χ1) is 14.5. The van der Waals surface area contributed by atoms with Gasteiger partial charge in [-0.3, -0.25) is 9.59 Å². The Kier molecular flexibility index (Phi) is 7.66. The van der Waals surface area contributed by atoms with Crippen molar-refractivity contribution in [1.82, 2.24) is 9.78 Å². The summed E-state index contributed by atoms with van der Waals surface area (Å²) in [7, 11) is 0. The van der Waals surface area contributed by atoms with E-state index in [1.807, 2.05) is 44.2 Å². The third-order valence-electron chi connectivity index (χ3n) is 6.05. The lowest BCUT2D eigenvalue weighted by Crippen LogP contribution is -2.27. The number of benzene rings is 1. The van der Waals surface area contributed by atoms with Crippen molar-refractivity contribution in [3.8, 4) is 5.69 Å². The van der Waals surface area contributed by atoms with Crippen molar-refractivity contribution >= 4 is 17.6 Å². The zero-order valence-electron chi connectivity index (χ0n) is 18.3. The highest BCUT2D eigenvalue weighted by Gasteiger charge is 2.27. The molecule has 0 unspecified atom stereocenters. The van der Waals surface area contributed by atoms with Crippen LogP contribution in [0.1, 0.15) is 63.3 Å². The Morgan fingerprint density at radius 1 is 1.13 bits per heavy atom. The van der Waals surface area contributed by atoms with Crippen LogP contribution in [0.2, 0.25) is 0 Å². The van der Waals surface area contributed by atoms with E-state index in [4.69, 9.17) is 4.74 Å². The van der Waals surface area contributed by atoms with E-state index in [0.29, 0.717) is 5.69 Å². The molecule has 1 heterocycles. The zero-order valence-corrected chi connectivity index (χ0v) is 18.3. The van der Waals surface area contributed by atoms with Gasteiger partial charge in [0.25, 0.3) is 5.91 Å². The number of carbonyl (C=O) groups is 2. The second-order valence-corrected chi connectivity index (χ2v) is 8.31. The summed E-state index contributed by atoms with van der Waals surface area (Å²) in [6, 6.07) is 9.76. The Morgan fingerprint density at radius 3 is 2.50 bits per heavy atom. The number of esters is 1. The van der Waals surface area contributed by atoms with Gasteiger partial charge in [0.1, 0.15) is 0 Å². The first-order valence-electron chi connectivity index (χ1n) is 11.1. The van der Waals surface area contributed by atoms with Crippen LogP contribution in [0.5, 0.6) is 0 Å². The molecule has 0 radical (unpaired) electrons. The van der Waals surface area contributed by atoms with Gasteiger partial charge in [0.2, 0.25) is 0 Å². The number of hydrogen-bond donors (Lipinski definition) is 1. The van der Waals surface area contributed by atoms with E-state index in [2.05, 4.69) is 17.3 Å². The molecule has 1 aromatic carbocycles. The molecule has 2 aromatic rings. The van der Waals surface area contributed by atoms with Crippen molar-refractivity contribution < 1.29 is 14.3 Å². The second-order valence-electron chi connectivity index (χ2n) is 8.31. The normalized spacial score (nSPS) is 18.8. The molecule has 6 nitrogen and oxygen atoms in total. The lowest BCUT2D eigenvalue weighted by molar-refractivity contribution is -0.152. The molecule has 0 spiro atoms. The van der Waals surface area contributed by atoms with Gasteiger partial charge in [0.05, 0.1) is 28.7 Å². The van der Waals surface area contributed by atoms with E-state index in [0.717, 1.165) is 48.7 Å². The lowest BCUT2D eigenvalue weighted by Gasteiger charge is -2.27. The summed E-state index contributed by atoms with van der Waals surface area (Å²) in [6.07, 6.45) is 7.66. The van der Waals surface area contributed by atoms with Gasteiger partial charge in [-0.1, -0.05) is 44.4 Å². The van der Waals surface area contributed by atoms with E-state index in [1.165, 1.54) is 19.3 Å². The second kappa shape index (κ2) is 10.4. The molecule has 0 bridgehead atoms. The number of amides is 1. The topological polar surface area (TPSA) is 73.2 Å². The molecular formula is C24H33N3O3. The number of para-hydroxylation sites is 1. The predicted octanol–water partition coefficient (Wildman–Crippen LogP) is 4.97. The van der Waals surface area contributed by atoms with Gasteiger partial charge in [0.15, 0.2) is 6.61 Å². The van der Waals surface area contributed by atoms with Crippen LogP contribution in [-0.2, 0) is 14.3 Å². The van der Waals surface area contributed by atoms with Gasteiger partial charge >= 0.3 is 5.97 Å². The summed E-state index contributed by atoms with van der Waals surface area (Å²) in [4.78, 5) is 24.8. The fraction of sp³-hybridized carbons (Fsp3) is 0.542. The van der Waals surface area contributed by atoms with Gasteiger partial charge in [-0.05, 0) is 57.6 Å². The van der Waals surface area contributed by atoms with Gasteiger partial charge in [-0.25, -0.2) is 4.68 Å². The highest BCUT2D eigenvalue weighted by Crippen LogP contribution is 2.32. The molecule has 0 saturated heterocycles. The number of aromatic nitrogens is 2. The minimum atomic E-state index is -0.334. The molecule has 0 atom stereocenters. The maximum atomic E-state index is 12.4. The van der Waals surface area contributed by atoms with Crippen LogP contribution in [0.4, 0.5) is 5.69 Å². The van der Waals surface area contributed by atoms with Crippen LogP contribution < -0.4 is 5.32 Å². The van der Waals surface area contributed by atoms with Crippen LogP contribution in [-0.4, -0.2) is 28.3 Å². The Balaban J connectivity index is 1.50. The van der Waals surface area contributed by atoms with Gasteiger partial charge in [-0.15, -0.1) is 0 Å². The highest BCUT2D eigenvalue weighted by atomic mass is 16.5. The molecule has 1 N–H and O–H groups in total. The third kappa shape index (κ3) is 5.49. The number of unbranched alkanes of at least 4 members (excludes halogenated alkanes) is 1. The average Bonchev–Trinajstić information content (AvgIpc) is 3.05. The highest BCUT2D eigenvalue weighted by molar-refractivity contribution is 5.94. The molecule has 162 valence electrons. The molecule has 1 aliphatic carbocycles. The number of hydrogen-bond acceptors (Lipinski definition) is 4. The average molecular weight is 412 g/mol. The van der Waals surface area contributed by atoms with E-state index in [1.54, 1.807) is 4.68 Å². The number of nitrogens with zero attached hydrogens (tertiary/aromatic N) is 2. The summed E-state index contributed by atoms with van der Waals surface area (Å²) in [5.74, 6) is 0.0932. The van der Waals surface area contributed by atoms with Crippen LogP contribution in [0.15, 0.2) is 30.3 Å². The van der Waals surface area contributed by atoms with E-state index in [-0.39, 0.29) is 24.4 Å². The van der Waals surface area contributed by atoms with Crippen molar-refractivity contribution in [2.45, 2.75) is 65.7 Å². The monoisotopic (exact) mass is 411 g/mol. The number of anilines is 1. The van der Waals surface area contributed by atoms with E-state index < -0.39 is 0 Å². The Morgan fingerprint density at radius 2 is 1.83 bits per heavy atom. The maximum absolute atomic E-state index is 12.4. The van der Waals surface area contributed by atoms with E-state index in [9.17, 15) is 9.59 Å². The van der Waals surface area contributed by atoms with Crippen LogP contribution in [0.3, 0.4) is 0 Å². The third-order valence-corrected chi connectivity index (χ3v) is 6.05. The summed E-state index contributed by atoms with van der Waals surface area (Å²) in [5.41, 5.74) is 3.15. The molecule has 1 fully saturated rings. The number of aryl methyl sites for hydroxylation is 1. The molecule has 1 amide bonds. The fourth-order valence-corrected chi connectivity index (χ4v) is 4.25. The standard InChI is InChI=1S/C24H33N3O3/c1-4-5-9-19-12-14-20(15-13-19)24(29)30-16-22(28)25-23-17(2)26-27(18(23)3)21-10-7-6-8-11-21/h6-8,10-11,19-20H,4-5,9,12-16H2,1-3H3,(H,25,28). The first kappa shape index (κ1) is 22.1. The Labute approximate surface area is 179 Å². The molecule has 0 aliphatic heterocycles. The summed E-state index contributed by atoms with van der Waals surface area (Å²) >= 11 is 0. The fourth-order valence-electron chi connectivity index (χ4n) is 4.25. The number of ether oxygens (including phenoxy) is 1. The minimum absolute atomic E-state index is 0.0695. The van der Waals surface area contributed by atoms with Crippen molar-refractivity contribution in [1.29, 1.82) is 0 Å². The summed E-state index contributed by atoms with van der Waals surface area (Å²) in [5, 5.41) is 7.38. The van der Waals surface area contributed by atoms with Crippen molar-refractivity contribution in [3.05, 3.63) is 41.7 Å². The van der Waals surface area contributed by atoms with Crippen molar-refractivity contribution in [2.24, 2.45) is 11.8 Å². The summed E-state index contributed by atoms with van der Waals surface area (Å²) in [6.45, 7) is 5.71. The van der Waals surface area contributed by atoms with Crippen molar-refractivity contribution in [3.63, 3.8) is 0 Å². The molecule has 3 rings (SSSR count). The number of carbonyl (C=O) groups excluding carboxylic acids is 2. The smallest absolute Gasteiger partial charge is 0.309 e. The Bertz CT molecular complexity index is 852. The Hall–Kier alpha value is -2.63. The van der Waals surface area contributed by atoms with Gasteiger partial charge < -0.3 is 10.1 Å². The molecular weight excluding hydrogens is 378 g/mol. The van der Waals surface area contributed by atoms with Crippen molar-refractivity contribution in [2.75, 3.05) is 11.9 Å².